The van der Waals surface area contributed by atoms with Crippen LogP contribution in [0.5, 0.6) is 0 Å². The summed E-state index contributed by atoms with van der Waals surface area (Å²) >= 11 is 1.57. The lowest BCUT2D eigenvalue weighted by Gasteiger charge is -2.25. The number of benzene rings is 3. The number of sulfonamides is 1. The fourth-order valence-corrected chi connectivity index (χ4v) is 5.05. The van der Waals surface area contributed by atoms with E-state index < -0.39 is 15.9 Å². The molecule has 0 aliphatic rings. The number of nitrogens with zero attached hydrogens (tertiary/aromatic N) is 1. The third kappa shape index (κ3) is 5.23. The minimum atomic E-state index is -3.92. The predicted octanol–water partition coefficient (Wildman–Crippen LogP) is 4.86. The number of hydrogen-bond donors (Lipinski definition) is 1. The van der Waals surface area contributed by atoms with Gasteiger partial charge < -0.3 is 5.32 Å². The smallest absolute Gasteiger partial charge is 0.264 e. The monoisotopic (exact) mass is 440 g/mol. The lowest BCUT2D eigenvalue weighted by molar-refractivity contribution is -0.114. The SMILES string of the molecule is CSc1cccc(NC(=O)CN(c2cc(C)cc(C)c2)S(=O)(=O)c2ccccc2)c1. The van der Waals surface area contributed by atoms with E-state index in [9.17, 15) is 13.2 Å². The van der Waals surface area contributed by atoms with Crippen molar-refractivity contribution >= 4 is 39.1 Å². The van der Waals surface area contributed by atoms with Gasteiger partial charge in [-0.25, -0.2) is 8.42 Å². The van der Waals surface area contributed by atoms with Crippen LogP contribution in [0, 0.1) is 13.8 Å². The summed E-state index contributed by atoms with van der Waals surface area (Å²) in [6.45, 7) is 3.47. The number of carbonyl (C=O) groups excluding carboxylic acids is 1. The van der Waals surface area contributed by atoms with Gasteiger partial charge in [0, 0.05) is 10.6 Å². The van der Waals surface area contributed by atoms with Crippen molar-refractivity contribution in [3.8, 4) is 0 Å². The molecule has 0 saturated carbocycles. The number of anilines is 2. The Balaban J connectivity index is 1.96. The highest BCUT2D eigenvalue weighted by molar-refractivity contribution is 7.98. The van der Waals surface area contributed by atoms with Crippen molar-refractivity contribution < 1.29 is 13.2 Å². The predicted molar refractivity (Wildman–Crippen MR) is 124 cm³/mol. The van der Waals surface area contributed by atoms with E-state index in [-0.39, 0.29) is 11.4 Å². The number of thioether (sulfide) groups is 1. The van der Waals surface area contributed by atoms with Crippen molar-refractivity contribution in [1.29, 1.82) is 0 Å². The minimum Gasteiger partial charge on any atom is -0.324 e. The van der Waals surface area contributed by atoms with Crippen LogP contribution < -0.4 is 9.62 Å². The zero-order valence-corrected chi connectivity index (χ0v) is 18.8. The van der Waals surface area contributed by atoms with Crippen LogP contribution in [0.4, 0.5) is 11.4 Å². The number of amides is 1. The summed E-state index contributed by atoms with van der Waals surface area (Å²) in [6, 6.07) is 21.1. The Kier molecular flexibility index (Phi) is 6.84. The lowest BCUT2D eigenvalue weighted by atomic mass is 10.1. The summed E-state index contributed by atoms with van der Waals surface area (Å²) in [5, 5.41) is 2.81. The Morgan fingerprint density at radius 1 is 0.933 bits per heavy atom. The Hall–Kier alpha value is -2.77. The highest BCUT2D eigenvalue weighted by Crippen LogP contribution is 2.26. The molecule has 1 N–H and O–H groups in total. The molecule has 0 aliphatic carbocycles. The van der Waals surface area contributed by atoms with E-state index in [2.05, 4.69) is 5.32 Å². The van der Waals surface area contributed by atoms with Crippen molar-refractivity contribution in [1.82, 2.24) is 0 Å². The molecule has 0 aromatic heterocycles. The zero-order chi connectivity index (χ0) is 21.7. The summed E-state index contributed by atoms with van der Waals surface area (Å²) in [5.41, 5.74) is 2.94. The van der Waals surface area contributed by atoms with Gasteiger partial charge in [0.2, 0.25) is 5.91 Å². The largest absolute Gasteiger partial charge is 0.324 e. The van der Waals surface area contributed by atoms with Gasteiger partial charge in [-0.3, -0.25) is 9.10 Å². The molecule has 0 atom stereocenters. The molecule has 3 aromatic rings. The molecule has 0 radical (unpaired) electrons. The van der Waals surface area contributed by atoms with E-state index in [1.807, 2.05) is 44.4 Å². The summed E-state index contributed by atoms with van der Waals surface area (Å²) in [7, 11) is -3.92. The molecule has 30 heavy (non-hydrogen) atoms. The van der Waals surface area contributed by atoms with Crippen LogP contribution >= 0.6 is 11.8 Å². The normalized spacial score (nSPS) is 11.2. The van der Waals surface area contributed by atoms with Crippen molar-refractivity contribution in [2.75, 3.05) is 22.4 Å². The molecular weight excluding hydrogens is 416 g/mol. The van der Waals surface area contributed by atoms with Gasteiger partial charge in [-0.05, 0) is 73.7 Å². The van der Waals surface area contributed by atoms with Crippen LogP contribution in [-0.2, 0) is 14.8 Å². The molecule has 156 valence electrons. The molecule has 5 nitrogen and oxygen atoms in total. The minimum absolute atomic E-state index is 0.140. The van der Waals surface area contributed by atoms with Gasteiger partial charge in [0.25, 0.3) is 10.0 Å². The third-order valence-corrected chi connectivity index (χ3v) is 6.98. The van der Waals surface area contributed by atoms with E-state index in [1.165, 1.54) is 12.1 Å². The fourth-order valence-electron chi connectivity index (χ4n) is 3.16. The molecule has 0 saturated heterocycles. The molecule has 0 aliphatic heterocycles. The average Bonchev–Trinajstić information content (AvgIpc) is 2.72. The maximum absolute atomic E-state index is 13.4. The third-order valence-electron chi connectivity index (χ3n) is 4.47. The molecule has 3 aromatic carbocycles. The van der Waals surface area contributed by atoms with Gasteiger partial charge in [-0.15, -0.1) is 11.8 Å². The second-order valence-corrected chi connectivity index (χ2v) is 9.69. The molecular formula is C23H24N2O3S2. The van der Waals surface area contributed by atoms with E-state index in [0.717, 1.165) is 20.3 Å². The summed E-state index contributed by atoms with van der Waals surface area (Å²) in [4.78, 5) is 14.0. The Morgan fingerprint density at radius 2 is 1.60 bits per heavy atom. The van der Waals surface area contributed by atoms with E-state index >= 15 is 0 Å². The van der Waals surface area contributed by atoms with Crippen LogP contribution in [0.3, 0.4) is 0 Å². The first kappa shape index (κ1) is 21.9. The highest BCUT2D eigenvalue weighted by atomic mass is 32.2. The standard InChI is InChI=1S/C23H24N2O3S2/c1-17-12-18(2)14-20(13-17)25(30(27,28)22-10-5-4-6-11-22)16-23(26)24-19-8-7-9-21(15-19)29-3/h4-15H,16H2,1-3H3,(H,24,26). The Labute approximate surface area is 182 Å². The molecule has 0 unspecified atom stereocenters. The topological polar surface area (TPSA) is 66.5 Å². The fraction of sp³-hybridized carbons (Fsp3) is 0.174. The summed E-state index contributed by atoms with van der Waals surface area (Å²) in [6.07, 6.45) is 1.95. The molecule has 7 heteroatoms. The number of nitrogens with one attached hydrogen (secondary N) is 1. The first-order valence-electron chi connectivity index (χ1n) is 9.39. The van der Waals surface area contributed by atoms with Crippen LogP contribution in [0.25, 0.3) is 0 Å². The number of hydrogen-bond acceptors (Lipinski definition) is 4. The van der Waals surface area contributed by atoms with Crippen LogP contribution in [-0.4, -0.2) is 27.1 Å². The maximum atomic E-state index is 13.4. The molecule has 1 amide bonds. The first-order chi connectivity index (χ1) is 14.3. The maximum Gasteiger partial charge on any atom is 0.264 e. The van der Waals surface area contributed by atoms with E-state index in [4.69, 9.17) is 0 Å². The number of rotatable bonds is 7. The number of aryl methyl sites for hydroxylation is 2. The van der Waals surface area contributed by atoms with Crippen molar-refractivity contribution in [3.63, 3.8) is 0 Å². The van der Waals surface area contributed by atoms with Crippen molar-refractivity contribution in [2.45, 2.75) is 23.6 Å². The molecule has 3 rings (SSSR count). The van der Waals surface area contributed by atoms with Gasteiger partial charge in [0.15, 0.2) is 0 Å². The van der Waals surface area contributed by atoms with Crippen molar-refractivity contribution in [3.05, 3.63) is 83.9 Å². The first-order valence-corrected chi connectivity index (χ1v) is 12.1. The summed E-state index contributed by atoms with van der Waals surface area (Å²) < 4.78 is 27.9. The van der Waals surface area contributed by atoms with Crippen LogP contribution in [0.1, 0.15) is 11.1 Å². The van der Waals surface area contributed by atoms with E-state index in [1.54, 1.807) is 48.2 Å². The summed E-state index contributed by atoms with van der Waals surface area (Å²) in [5.74, 6) is -0.410. The van der Waals surface area contributed by atoms with Gasteiger partial charge in [-0.1, -0.05) is 30.3 Å². The lowest BCUT2D eigenvalue weighted by Crippen LogP contribution is -2.38. The van der Waals surface area contributed by atoms with E-state index in [0.29, 0.717) is 11.4 Å². The van der Waals surface area contributed by atoms with Crippen LogP contribution in [0.2, 0.25) is 0 Å². The molecule has 0 heterocycles. The van der Waals surface area contributed by atoms with Crippen LogP contribution in [0.15, 0.2) is 82.6 Å². The molecule has 0 fully saturated rings. The molecule has 0 bridgehead atoms. The Morgan fingerprint density at radius 3 is 2.23 bits per heavy atom. The highest BCUT2D eigenvalue weighted by Gasteiger charge is 2.27. The quantitative estimate of drug-likeness (QED) is 0.533. The van der Waals surface area contributed by atoms with Gasteiger partial charge in [-0.2, -0.15) is 0 Å². The van der Waals surface area contributed by atoms with Gasteiger partial charge >= 0.3 is 0 Å². The number of carbonyl (C=O) groups is 1. The Bertz CT molecular complexity index is 1130. The van der Waals surface area contributed by atoms with Gasteiger partial charge in [0.05, 0.1) is 10.6 Å². The molecule has 0 spiro atoms. The average molecular weight is 441 g/mol. The van der Waals surface area contributed by atoms with Gasteiger partial charge in [0.1, 0.15) is 6.54 Å². The second kappa shape index (κ2) is 9.36. The second-order valence-electron chi connectivity index (χ2n) is 6.95. The van der Waals surface area contributed by atoms with Crippen molar-refractivity contribution in [2.24, 2.45) is 0 Å². The zero-order valence-electron chi connectivity index (χ0n) is 17.1.